The van der Waals surface area contributed by atoms with Gasteiger partial charge in [-0.1, -0.05) is 6.07 Å². The summed E-state index contributed by atoms with van der Waals surface area (Å²) in [6.45, 7) is 2.10. The van der Waals surface area contributed by atoms with Crippen LogP contribution in [0.2, 0.25) is 0 Å². The van der Waals surface area contributed by atoms with Crippen LogP contribution in [-0.4, -0.2) is 37.6 Å². The van der Waals surface area contributed by atoms with Crippen molar-refractivity contribution in [2.75, 3.05) is 30.9 Å². The van der Waals surface area contributed by atoms with Crippen molar-refractivity contribution in [2.24, 2.45) is 0 Å². The number of carbonyl (C=O) groups is 2. The first-order valence-corrected chi connectivity index (χ1v) is 8.06. The normalized spacial score (nSPS) is 10.2. The Morgan fingerprint density at radius 1 is 1.35 bits per heavy atom. The lowest BCUT2D eigenvalue weighted by Crippen LogP contribution is -2.14. The number of thiazole rings is 1. The van der Waals surface area contributed by atoms with Gasteiger partial charge in [-0.15, -0.1) is 11.3 Å². The fourth-order valence-electron chi connectivity index (χ4n) is 1.90. The van der Waals surface area contributed by atoms with Gasteiger partial charge in [-0.05, 0) is 25.1 Å². The number of nitrogens with zero attached hydrogens (tertiary/aromatic N) is 2. The Hall–Kier alpha value is -2.41. The molecule has 2 rings (SSSR count). The Bertz CT molecular complexity index is 697. The van der Waals surface area contributed by atoms with Crippen LogP contribution in [0.4, 0.5) is 10.8 Å². The highest BCUT2D eigenvalue weighted by molar-refractivity contribution is 7.14. The maximum Gasteiger partial charge on any atom is 0.311 e. The van der Waals surface area contributed by atoms with Crippen LogP contribution in [-0.2, 0) is 16.0 Å². The van der Waals surface area contributed by atoms with Gasteiger partial charge in [-0.2, -0.15) is 0 Å². The molecule has 2 aromatic rings. The van der Waals surface area contributed by atoms with E-state index in [4.69, 9.17) is 4.74 Å². The number of hydrogen-bond donors (Lipinski definition) is 1. The Morgan fingerprint density at radius 2 is 2.13 bits per heavy atom. The van der Waals surface area contributed by atoms with Crippen molar-refractivity contribution in [1.82, 2.24) is 4.98 Å². The molecule has 0 spiro atoms. The number of carbonyl (C=O) groups excluding carboxylic acids is 2. The zero-order valence-corrected chi connectivity index (χ0v) is 14.1. The number of nitrogens with one attached hydrogen (secondary N) is 1. The predicted molar refractivity (Wildman–Crippen MR) is 91.2 cm³/mol. The summed E-state index contributed by atoms with van der Waals surface area (Å²) in [7, 11) is 3.83. The van der Waals surface area contributed by atoms with Crippen LogP contribution in [0.3, 0.4) is 0 Å². The van der Waals surface area contributed by atoms with Crippen molar-refractivity contribution in [3.05, 3.63) is 40.9 Å². The first kappa shape index (κ1) is 17.0. The first-order valence-electron chi connectivity index (χ1n) is 7.18. The van der Waals surface area contributed by atoms with Gasteiger partial charge in [0, 0.05) is 30.7 Å². The van der Waals surface area contributed by atoms with Crippen LogP contribution < -0.4 is 10.2 Å². The third-order valence-corrected chi connectivity index (χ3v) is 3.83. The quantitative estimate of drug-likeness (QED) is 0.823. The van der Waals surface area contributed by atoms with E-state index in [1.165, 1.54) is 11.3 Å². The molecule has 6 nitrogen and oxygen atoms in total. The lowest BCUT2D eigenvalue weighted by atomic mass is 10.2. The number of esters is 1. The fourth-order valence-corrected chi connectivity index (χ4v) is 2.61. The molecule has 0 atom stereocenters. The number of hydrogen-bond acceptors (Lipinski definition) is 6. The first-order chi connectivity index (χ1) is 11.0. The van der Waals surface area contributed by atoms with E-state index in [2.05, 4.69) is 10.3 Å². The lowest BCUT2D eigenvalue weighted by molar-refractivity contribution is -0.142. The van der Waals surface area contributed by atoms with Crippen LogP contribution in [0.1, 0.15) is 23.0 Å². The Balaban J connectivity index is 2.02. The molecule has 0 saturated heterocycles. The lowest BCUT2D eigenvalue weighted by Gasteiger charge is -2.13. The van der Waals surface area contributed by atoms with E-state index in [1.54, 1.807) is 18.4 Å². The second-order valence-corrected chi connectivity index (χ2v) is 5.88. The molecule has 0 aliphatic rings. The smallest absolute Gasteiger partial charge is 0.311 e. The summed E-state index contributed by atoms with van der Waals surface area (Å²) in [4.78, 5) is 29.8. The third kappa shape index (κ3) is 4.79. The molecule has 0 bridgehead atoms. The van der Waals surface area contributed by atoms with Gasteiger partial charge in [0.1, 0.15) is 0 Å². The van der Waals surface area contributed by atoms with Gasteiger partial charge in [-0.25, -0.2) is 4.98 Å². The summed E-state index contributed by atoms with van der Waals surface area (Å²) in [6, 6.07) is 7.31. The van der Waals surface area contributed by atoms with E-state index >= 15 is 0 Å². The van der Waals surface area contributed by atoms with Crippen molar-refractivity contribution >= 4 is 34.0 Å². The van der Waals surface area contributed by atoms with Gasteiger partial charge < -0.3 is 9.64 Å². The van der Waals surface area contributed by atoms with Crippen molar-refractivity contribution < 1.29 is 14.3 Å². The van der Waals surface area contributed by atoms with E-state index in [0.29, 0.717) is 23.0 Å². The molecule has 0 saturated carbocycles. The topological polar surface area (TPSA) is 71.5 Å². The largest absolute Gasteiger partial charge is 0.466 e. The van der Waals surface area contributed by atoms with E-state index < -0.39 is 0 Å². The highest BCUT2D eigenvalue weighted by Crippen LogP contribution is 2.19. The summed E-state index contributed by atoms with van der Waals surface area (Å²) < 4.78 is 4.87. The second kappa shape index (κ2) is 7.73. The number of amides is 1. The van der Waals surface area contributed by atoms with E-state index in [-0.39, 0.29) is 18.3 Å². The molecule has 23 heavy (non-hydrogen) atoms. The minimum Gasteiger partial charge on any atom is -0.466 e. The standard InChI is InChI=1S/C16H19N3O3S/c1-4-22-14(20)9-12-10-23-16(17-12)18-15(21)11-6-5-7-13(8-11)19(2)3/h5-8,10H,4,9H2,1-3H3,(H,17,18,21). The van der Waals surface area contributed by atoms with Crippen molar-refractivity contribution in [3.63, 3.8) is 0 Å². The molecule has 0 aliphatic heterocycles. The SMILES string of the molecule is CCOC(=O)Cc1csc(NC(=O)c2cccc(N(C)C)c2)n1. The van der Waals surface area contributed by atoms with Gasteiger partial charge in [0.05, 0.1) is 18.7 Å². The zero-order chi connectivity index (χ0) is 16.8. The average Bonchev–Trinajstić information content (AvgIpc) is 2.94. The van der Waals surface area contributed by atoms with Crippen LogP contribution in [0.15, 0.2) is 29.6 Å². The third-order valence-electron chi connectivity index (χ3n) is 3.03. The number of anilines is 2. The molecular weight excluding hydrogens is 314 g/mol. The maximum absolute atomic E-state index is 12.3. The maximum atomic E-state index is 12.3. The Labute approximate surface area is 139 Å². The summed E-state index contributed by atoms with van der Waals surface area (Å²) in [5, 5.41) is 4.95. The fraction of sp³-hybridized carbons (Fsp3) is 0.312. The van der Waals surface area contributed by atoms with Gasteiger partial charge in [0.15, 0.2) is 5.13 Å². The van der Waals surface area contributed by atoms with Crippen molar-refractivity contribution in [1.29, 1.82) is 0 Å². The molecule has 0 fully saturated rings. The van der Waals surface area contributed by atoms with Crippen molar-refractivity contribution in [2.45, 2.75) is 13.3 Å². The Kier molecular flexibility index (Phi) is 5.70. The summed E-state index contributed by atoms with van der Waals surface area (Å²) in [5.74, 6) is -0.555. The van der Waals surface area contributed by atoms with Gasteiger partial charge >= 0.3 is 5.97 Å². The molecule has 7 heteroatoms. The minimum absolute atomic E-state index is 0.107. The van der Waals surface area contributed by atoms with E-state index in [0.717, 1.165) is 5.69 Å². The highest BCUT2D eigenvalue weighted by Gasteiger charge is 2.12. The summed E-state index contributed by atoms with van der Waals surface area (Å²) >= 11 is 1.28. The molecule has 0 radical (unpaired) electrons. The van der Waals surface area contributed by atoms with Gasteiger partial charge in [-0.3, -0.25) is 14.9 Å². The number of aromatic nitrogens is 1. The second-order valence-electron chi connectivity index (χ2n) is 5.02. The Morgan fingerprint density at radius 3 is 2.83 bits per heavy atom. The molecule has 0 aliphatic carbocycles. The number of rotatable bonds is 6. The highest BCUT2D eigenvalue weighted by atomic mass is 32.1. The van der Waals surface area contributed by atoms with E-state index in [1.807, 2.05) is 37.2 Å². The minimum atomic E-state index is -0.325. The molecule has 1 heterocycles. The summed E-state index contributed by atoms with van der Waals surface area (Å²) in [5.41, 5.74) is 2.09. The van der Waals surface area contributed by atoms with Gasteiger partial charge in [0.25, 0.3) is 5.91 Å². The molecule has 1 amide bonds. The average molecular weight is 333 g/mol. The molecular formula is C16H19N3O3S. The molecule has 1 aromatic carbocycles. The van der Waals surface area contributed by atoms with Crippen LogP contribution in [0, 0.1) is 0 Å². The van der Waals surface area contributed by atoms with Crippen LogP contribution >= 0.6 is 11.3 Å². The summed E-state index contributed by atoms with van der Waals surface area (Å²) in [6.07, 6.45) is 0.107. The van der Waals surface area contributed by atoms with Crippen LogP contribution in [0.5, 0.6) is 0 Å². The van der Waals surface area contributed by atoms with Crippen molar-refractivity contribution in [3.8, 4) is 0 Å². The molecule has 122 valence electrons. The molecule has 1 N–H and O–H groups in total. The molecule has 0 unspecified atom stereocenters. The van der Waals surface area contributed by atoms with Crippen LogP contribution in [0.25, 0.3) is 0 Å². The van der Waals surface area contributed by atoms with E-state index in [9.17, 15) is 9.59 Å². The zero-order valence-electron chi connectivity index (χ0n) is 13.3. The monoisotopic (exact) mass is 333 g/mol. The number of ether oxygens (including phenoxy) is 1. The predicted octanol–water partition coefficient (Wildman–Crippen LogP) is 2.57. The number of benzene rings is 1. The molecule has 1 aromatic heterocycles. The van der Waals surface area contributed by atoms with Gasteiger partial charge in [0.2, 0.25) is 0 Å².